The number of ether oxygens (including phenoxy) is 1. The molecular formula is C15H23N3O. The van der Waals surface area contributed by atoms with Gasteiger partial charge in [-0.1, -0.05) is 12.1 Å². The van der Waals surface area contributed by atoms with Crippen molar-refractivity contribution in [3.63, 3.8) is 0 Å². The zero-order valence-electron chi connectivity index (χ0n) is 11.5. The fraction of sp³-hybridized carbons (Fsp3) is 0.600. The van der Waals surface area contributed by atoms with Gasteiger partial charge in [0.25, 0.3) is 0 Å². The first-order valence-corrected chi connectivity index (χ1v) is 7.30. The number of nitrogens with one attached hydrogen (secondary N) is 2. The standard InChI is InChI=1S/C15H23N3O/c1-2-14-10-13(3-4-15(14)19-9-1)11-17-12-18-7-5-16-6-8-18/h3-4,10,16-17H,1-2,5-9,11-12H2. The van der Waals surface area contributed by atoms with Gasteiger partial charge < -0.3 is 15.4 Å². The van der Waals surface area contributed by atoms with Gasteiger partial charge in [0.1, 0.15) is 5.75 Å². The number of hydrogen-bond acceptors (Lipinski definition) is 4. The van der Waals surface area contributed by atoms with Crippen LogP contribution < -0.4 is 15.4 Å². The highest BCUT2D eigenvalue weighted by molar-refractivity contribution is 5.38. The lowest BCUT2D eigenvalue weighted by Crippen LogP contribution is -2.46. The molecule has 0 aliphatic carbocycles. The lowest BCUT2D eigenvalue weighted by Gasteiger charge is -2.27. The quantitative estimate of drug-likeness (QED) is 0.846. The summed E-state index contributed by atoms with van der Waals surface area (Å²) in [5.74, 6) is 1.08. The van der Waals surface area contributed by atoms with Crippen molar-refractivity contribution in [3.8, 4) is 5.75 Å². The number of piperazine rings is 1. The summed E-state index contributed by atoms with van der Waals surface area (Å²) in [7, 11) is 0. The Morgan fingerprint density at radius 1 is 1.26 bits per heavy atom. The highest BCUT2D eigenvalue weighted by Crippen LogP contribution is 2.25. The first-order valence-electron chi connectivity index (χ1n) is 7.30. The van der Waals surface area contributed by atoms with Crippen LogP contribution in [0.15, 0.2) is 18.2 Å². The van der Waals surface area contributed by atoms with E-state index in [4.69, 9.17) is 4.74 Å². The largest absolute Gasteiger partial charge is 0.493 e. The van der Waals surface area contributed by atoms with E-state index in [9.17, 15) is 0 Å². The number of benzene rings is 1. The third-order valence-electron chi connectivity index (χ3n) is 3.85. The number of nitrogens with zero attached hydrogens (tertiary/aromatic N) is 1. The lowest BCUT2D eigenvalue weighted by molar-refractivity contribution is 0.223. The van der Waals surface area contributed by atoms with Gasteiger partial charge in [0, 0.05) is 39.4 Å². The topological polar surface area (TPSA) is 36.5 Å². The van der Waals surface area contributed by atoms with Crippen LogP contribution in [-0.2, 0) is 13.0 Å². The van der Waals surface area contributed by atoms with Crippen molar-refractivity contribution in [2.75, 3.05) is 39.5 Å². The van der Waals surface area contributed by atoms with E-state index in [0.29, 0.717) is 0 Å². The van der Waals surface area contributed by atoms with Crippen LogP contribution in [0.4, 0.5) is 0 Å². The fourth-order valence-corrected chi connectivity index (χ4v) is 2.75. The van der Waals surface area contributed by atoms with Crippen LogP contribution in [-0.4, -0.2) is 44.4 Å². The molecular weight excluding hydrogens is 238 g/mol. The molecule has 1 fully saturated rings. The van der Waals surface area contributed by atoms with Crippen LogP contribution in [0.3, 0.4) is 0 Å². The molecule has 0 unspecified atom stereocenters. The van der Waals surface area contributed by atoms with E-state index >= 15 is 0 Å². The van der Waals surface area contributed by atoms with Gasteiger partial charge in [0.2, 0.25) is 0 Å². The van der Waals surface area contributed by atoms with Gasteiger partial charge in [-0.05, 0) is 30.0 Å². The Hall–Kier alpha value is -1.10. The normalized spacial score (nSPS) is 19.8. The Kier molecular flexibility index (Phi) is 4.33. The zero-order valence-corrected chi connectivity index (χ0v) is 11.5. The molecule has 2 heterocycles. The summed E-state index contributed by atoms with van der Waals surface area (Å²) in [6.45, 7) is 7.30. The zero-order chi connectivity index (χ0) is 12.9. The van der Waals surface area contributed by atoms with Crippen LogP contribution in [0.1, 0.15) is 17.5 Å². The molecule has 2 aliphatic heterocycles. The summed E-state index contributed by atoms with van der Waals surface area (Å²) in [6.07, 6.45) is 2.30. The number of fused-ring (bicyclic) bond motifs is 1. The van der Waals surface area contributed by atoms with E-state index in [2.05, 4.69) is 33.7 Å². The minimum Gasteiger partial charge on any atom is -0.493 e. The summed E-state index contributed by atoms with van der Waals surface area (Å²) in [6, 6.07) is 6.59. The Balaban J connectivity index is 1.49. The molecule has 0 aromatic heterocycles. The monoisotopic (exact) mass is 261 g/mol. The first kappa shape index (κ1) is 12.9. The maximum absolute atomic E-state index is 5.64. The summed E-state index contributed by atoms with van der Waals surface area (Å²) in [5.41, 5.74) is 2.73. The molecule has 4 nitrogen and oxygen atoms in total. The van der Waals surface area contributed by atoms with Crippen molar-refractivity contribution in [3.05, 3.63) is 29.3 Å². The number of rotatable bonds is 4. The van der Waals surface area contributed by atoms with Crippen molar-refractivity contribution >= 4 is 0 Å². The van der Waals surface area contributed by atoms with Crippen molar-refractivity contribution in [2.45, 2.75) is 19.4 Å². The van der Waals surface area contributed by atoms with Crippen LogP contribution in [0, 0.1) is 0 Å². The van der Waals surface area contributed by atoms with Crippen molar-refractivity contribution in [2.24, 2.45) is 0 Å². The molecule has 3 rings (SSSR count). The molecule has 19 heavy (non-hydrogen) atoms. The second-order valence-corrected chi connectivity index (χ2v) is 5.35. The molecule has 1 saturated heterocycles. The van der Waals surface area contributed by atoms with E-state index in [0.717, 1.165) is 64.6 Å². The highest BCUT2D eigenvalue weighted by atomic mass is 16.5. The van der Waals surface area contributed by atoms with E-state index in [1.807, 2.05) is 0 Å². The van der Waals surface area contributed by atoms with Crippen molar-refractivity contribution in [1.82, 2.24) is 15.5 Å². The van der Waals surface area contributed by atoms with Gasteiger partial charge >= 0.3 is 0 Å². The lowest BCUT2D eigenvalue weighted by atomic mass is 10.0. The van der Waals surface area contributed by atoms with Crippen molar-refractivity contribution in [1.29, 1.82) is 0 Å². The van der Waals surface area contributed by atoms with Gasteiger partial charge in [-0.25, -0.2) is 0 Å². The van der Waals surface area contributed by atoms with Crippen LogP contribution in [0.25, 0.3) is 0 Å². The summed E-state index contributed by atoms with van der Waals surface area (Å²) in [5, 5.41) is 6.91. The van der Waals surface area contributed by atoms with Crippen LogP contribution in [0.5, 0.6) is 5.75 Å². The molecule has 0 saturated carbocycles. The molecule has 0 amide bonds. The molecule has 0 atom stereocenters. The SMILES string of the molecule is c1cc2c(cc1CNCN1CCNCC1)CCCO2. The average molecular weight is 261 g/mol. The molecule has 2 aliphatic rings. The molecule has 0 bridgehead atoms. The van der Waals surface area contributed by atoms with Crippen LogP contribution >= 0.6 is 0 Å². The van der Waals surface area contributed by atoms with E-state index in [1.165, 1.54) is 11.1 Å². The fourth-order valence-electron chi connectivity index (χ4n) is 2.75. The van der Waals surface area contributed by atoms with Gasteiger partial charge in [-0.3, -0.25) is 4.90 Å². The second kappa shape index (κ2) is 6.37. The smallest absolute Gasteiger partial charge is 0.122 e. The summed E-state index contributed by atoms with van der Waals surface area (Å²) >= 11 is 0. The Bertz CT molecular complexity index is 416. The van der Waals surface area contributed by atoms with E-state index < -0.39 is 0 Å². The van der Waals surface area contributed by atoms with Gasteiger partial charge in [0.05, 0.1) is 6.61 Å². The average Bonchev–Trinajstić information content (AvgIpc) is 2.48. The van der Waals surface area contributed by atoms with E-state index in [1.54, 1.807) is 0 Å². The molecule has 2 N–H and O–H groups in total. The molecule has 4 heteroatoms. The molecule has 1 aromatic carbocycles. The third-order valence-corrected chi connectivity index (χ3v) is 3.85. The predicted octanol–water partition coefficient (Wildman–Crippen LogP) is 0.964. The summed E-state index contributed by atoms with van der Waals surface area (Å²) < 4.78 is 5.64. The minimum atomic E-state index is 0.869. The number of hydrogen-bond donors (Lipinski definition) is 2. The third kappa shape index (κ3) is 3.47. The highest BCUT2D eigenvalue weighted by Gasteiger charge is 2.11. The molecule has 0 radical (unpaired) electrons. The Labute approximate surface area is 115 Å². The van der Waals surface area contributed by atoms with Gasteiger partial charge in [-0.2, -0.15) is 0 Å². The second-order valence-electron chi connectivity index (χ2n) is 5.35. The maximum atomic E-state index is 5.64. The van der Waals surface area contributed by atoms with Gasteiger partial charge in [0.15, 0.2) is 0 Å². The Morgan fingerprint density at radius 3 is 3.05 bits per heavy atom. The van der Waals surface area contributed by atoms with Crippen LogP contribution in [0.2, 0.25) is 0 Å². The predicted molar refractivity (Wildman–Crippen MR) is 76.4 cm³/mol. The van der Waals surface area contributed by atoms with E-state index in [-0.39, 0.29) is 0 Å². The minimum absolute atomic E-state index is 0.869. The van der Waals surface area contributed by atoms with Crippen molar-refractivity contribution < 1.29 is 4.74 Å². The maximum Gasteiger partial charge on any atom is 0.122 e. The Morgan fingerprint density at radius 2 is 2.16 bits per heavy atom. The van der Waals surface area contributed by atoms with Gasteiger partial charge in [-0.15, -0.1) is 0 Å². The summed E-state index contributed by atoms with van der Waals surface area (Å²) in [4.78, 5) is 2.46. The first-order chi connectivity index (χ1) is 9.42. The molecule has 104 valence electrons. The molecule has 0 spiro atoms. The molecule has 1 aromatic rings. The number of aryl methyl sites for hydroxylation is 1.